The molecule has 0 fully saturated rings. The summed E-state index contributed by atoms with van der Waals surface area (Å²) in [6.45, 7) is 3.04. The third-order valence-electron chi connectivity index (χ3n) is 8.85. The highest BCUT2D eigenvalue weighted by Crippen LogP contribution is 2.52. The van der Waals surface area contributed by atoms with Crippen LogP contribution in [0.2, 0.25) is 5.15 Å². The number of nitrogens with one attached hydrogen (secondary N) is 2. The number of amides is 1. The zero-order valence-corrected chi connectivity index (χ0v) is 29.2. The molecule has 4 heterocycles. The van der Waals surface area contributed by atoms with Gasteiger partial charge in [-0.05, 0) is 68.0 Å². The zero-order valence-electron chi connectivity index (χ0n) is 28.5. The Labute approximate surface area is 306 Å². The van der Waals surface area contributed by atoms with Crippen LogP contribution in [0.15, 0.2) is 52.9 Å². The lowest BCUT2D eigenvalue weighted by Crippen LogP contribution is -2.35. The van der Waals surface area contributed by atoms with E-state index < -0.39 is 77.1 Å². The molecule has 0 spiro atoms. The SMILES string of the molecule is C[C@H]1CC(F)(F)c2c1c(C(F)(F)F)nn2CC(=O)N[C@@H](Cc1cc(F)cc(F)c1)c1nc(C#CC(C)(C)O)ccc1-c1cccc2c1oc1c(Cl)[nH]nc12. The van der Waals surface area contributed by atoms with Gasteiger partial charge < -0.3 is 14.8 Å². The van der Waals surface area contributed by atoms with E-state index in [1.165, 1.54) is 26.8 Å². The molecule has 2 atom stereocenters. The van der Waals surface area contributed by atoms with E-state index in [4.69, 9.17) is 16.0 Å². The number of hydrogen-bond donors (Lipinski definition) is 3. The molecule has 54 heavy (non-hydrogen) atoms. The van der Waals surface area contributed by atoms with Crippen molar-refractivity contribution in [3.63, 3.8) is 0 Å². The molecule has 0 radical (unpaired) electrons. The Morgan fingerprint density at radius 3 is 2.54 bits per heavy atom. The Bertz CT molecular complexity index is 2500. The lowest BCUT2D eigenvalue weighted by atomic mass is 9.94. The van der Waals surface area contributed by atoms with Crippen molar-refractivity contribution in [3.05, 3.63) is 99.2 Å². The second kappa shape index (κ2) is 13.2. The van der Waals surface area contributed by atoms with E-state index in [1.54, 1.807) is 24.3 Å². The molecule has 0 aliphatic heterocycles. The summed E-state index contributed by atoms with van der Waals surface area (Å²) < 4.78 is 108. The van der Waals surface area contributed by atoms with Gasteiger partial charge in [0, 0.05) is 34.6 Å². The highest BCUT2D eigenvalue weighted by Gasteiger charge is 2.53. The second-order valence-corrected chi connectivity index (χ2v) is 14.0. The van der Waals surface area contributed by atoms with Gasteiger partial charge in [0.15, 0.2) is 16.4 Å². The van der Waals surface area contributed by atoms with Crippen LogP contribution in [0.1, 0.15) is 73.1 Å². The van der Waals surface area contributed by atoms with Crippen molar-refractivity contribution in [2.75, 3.05) is 0 Å². The van der Waals surface area contributed by atoms with Gasteiger partial charge in [-0.2, -0.15) is 32.1 Å². The van der Waals surface area contributed by atoms with Crippen LogP contribution < -0.4 is 5.32 Å². The largest absolute Gasteiger partial charge is 0.450 e. The van der Waals surface area contributed by atoms with E-state index in [1.807, 2.05) is 0 Å². The lowest BCUT2D eigenvalue weighted by molar-refractivity contribution is -0.142. The number of fused-ring (bicyclic) bond motifs is 4. The van der Waals surface area contributed by atoms with Crippen molar-refractivity contribution in [1.29, 1.82) is 0 Å². The van der Waals surface area contributed by atoms with E-state index >= 15 is 8.78 Å². The first-order chi connectivity index (χ1) is 25.3. The average molecular weight is 773 g/mol. The lowest BCUT2D eigenvalue weighted by Gasteiger charge is -2.23. The molecule has 0 saturated carbocycles. The minimum Gasteiger partial charge on any atom is -0.450 e. The number of aromatic nitrogens is 5. The number of nitrogens with zero attached hydrogens (tertiary/aromatic N) is 4. The topological polar surface area (TPSA) is 122 Å². The minimum atomic E-state index is -5.08. The molecule has 1 amide bonds. The van der Waals surface area contributed by atoms with Gasteiger partial charge >= 0.3 is 6.18 Å². The van der Waals surface area contributed by atoms with Crippen LogP contribution >= 0.6 is 11.6 Å². The van der Waals surface area contributed by atoms with Crippen molar-refractivity contribution in [2.45, 2.75) is 69.8 Å². The van der Waals surface area contributed by atoms with Crippen LogP contribution in [0, 0.1) is 23.5 Å². The third-order valence-corrected chi connectivity index (χ3v) is 9.10. The van der Waals surface area contributed by atoms with Crippen LogP contribution in [-0.4, -0.2) is 41.6 Å². The van der Waals surface area contributed by atoms with Gasteiger partial charge in [0.05, 0.1) is 11.7 Å². The molecule has 7 rings (SSSR count). The summed E-state index contributed by atoms with van der Waals surface area (Å²) in [6.07, 6.45) is -6.32. The molecule has 4 aromatic heterocycles. The smallest absolute Gasteiger partial charge is 0.435 e. The standard InChI is InChI=1S/C37H28ClF7N6O3/c1-17-15-36(41,42)33-27(17)32(37(43,44)45)50-51(33)16-26(52)47-25(13-18-11-19(39)14-20(40)12-18)28-22(8-7-21(46-28)9-10-35(2,3)53)23-5-4-6-24-29-31(54-30(23)24)34(38)49-48-29/h4-8,11-12,14,17,25,53H,13,15-16H2,1-3H3,(H,47,52)(H,48,49)/t17-,25-/m0/s1. The summed E-state index contributed by atoms with van der Waals surface area (Å²) in [7, 11) is 0. The molecule has 0 saturated heterocycles. The predicted octanol–water partition coefficient (Wildman–Crippen LogP) is 8.34. The third kappa shape index (κ3) is 7.01. The first kappa shape index (κ1) is 36.9. The molecule has 1 aliphatic rings. The first-order valence-corrected chi connectivity index (χ1v) is 16.8. The average Bonchev–Trinajstić information content (AvgIpc) is 3.80. The van der Waals surface area contributed by atoms with E-state index in [0.717, 1.165) is 12.1 Å². The van der Waals surface area contributed by atoms with Gasteiger partial charge in [-0.3, -0.25) is 14.6 Å². The highest BCUT2D eigenvalue weighted by atomic mass is 35.5. The summed E-state index contributed by atoms with van der Waals surface area (Å²) in [5.74, 6) is -2.45. The molecule has 2 aromatic carbocycles. The van der Waals surface area contributed by atoms with Crippen LogP contribution in [-0.2, 0) is 29.9 Å². The fraction of sp³-hybridized carbons (Fsp3) is 0.297. The van der Waals surface area contributed by atoms with Crippen molar-refractivity contribution in [3.8, 4) is 23.0 Å². The number of hydrogen-bond acceptors (Lipinski definition) is 6. The minimum absolute atomic E-state index is 0.0414. The Hall–Kier alpha value is -5.40. The number of aromatic amines is 1. The molecule has 0 unspecified atom stereocenters. The number of carbonyl (C=O) groups excluding carboxylic acids is 1. The first-order valence-electron chi connectivity index (χ1n) is 16.4. The number of carbonyl (C=O) groups is 1. The van der Waals surface area contributed by atoms with Crippen LogP contribution in [0.5, 0.6) is 0 Å². The monoisotopic (exact) mass is 772 g/mol. The van der Waals surface area contributed by atoms with Gasteiger partial charge in [0.25, 0.3) is 5.92 Å². The van der Waals surface area contributed by atoms with E-state index in [9.17, 15) is 31.9 Å². The molecule has 280 valence electrons. The number of rotatable bonds is 7. The van der Waals surface area contributed by atoms with Gasteiger partial charge in [-0.1, -0.05) is 36.6 Å². The van der Waals surface area contributed by atoms with E-state index in [-0.39, 0.29) is 34.1 Å². The van der Waals surface area contributed by atoms with Gasteiger partial charge in [0.2, 0.25) is 5.91 Å². The molecule has 9 nitrogen and oxygen atoms in total. The zero-order chi connectivity index (χ0) is 38.9. The Balaban J connectivity index is 1.38. The Kier molecular flexibility index (Phi) is 9.01. The number of pyridine rings is 1. The van der Waals surface area contributed by atoms with E-state index in [0.29, 0.717) is 38.4 Å². The van der Waals surface area contributed by atoms with E-state index in [2.05, 4.69) is 37.4 Å². The number of para-hydroxylation sites is 1. The fourth-order valence-electron chi connectivity index (χ4n) is 6.78. The highest BCUT2D eigenvalue weighted by molar-refractivity contribution is 6.34. The van der Waals surface area contributed by atoms with Crippen molar-refractivity contribution >= 4 is 39.6 Å². The molecule has 6 aromatic rings. The Morgan fingerprint density at radius 2 is 1.85 bits per heavy atom. The normalized spacial score (nSPS) is 16.0. The molecule has 3 N–H and O–H groups in total. The van der Waals surface area contributed by atoms with Crippen molar-refractivity contribution in [1.82, 2.24) is 30.3 Å². The van der Waals surface area contributed by atoms with Crippen molar-refractivity contribution < 1.29 is 45.1 Å². The van der Waals surface area contributed by atoms with Gasteiger partial charge in [-0.25, -0.2) is 13.8 Å². The maximum Gasteiger partial charge on any atom is 0.435 e. The molecular formula is C37H28ClF7N6O3. The molecular weight excluding hydrogens is 745 g/mol. The molecule has 17 heteroatoms. The summed E-state index contributed by atoms with van der Waals surface area (Å²) in [5.41, 5.74) is -2.80. The number of halogens is 8. The molecule has 1 aliphatic carbocycles. The quantitative estimate of drug-likeness (QED) is 0.111. The van der Waals surface area contributed by atoms with Gasteiger partial charge in [0.1, 0.15) is 46.3 Å². The second-order valence-electron chi connectivity index (χ2n) is 13.6. The van der Waals surface area contributed by atoms with Crippen LogP contribution in [0.3, 0.4) is 0 Å². The van der Waals surface area contributed by atoms with Crippen molar-refractivity contribution in [2.24, 2.45) is 0 Å². The number of H-pyrrole nitrogens is 1. The number of benzene rings is 2. The summed E-state index contributed by atoms with van der Waals surface area (Å²) in [6, 6.07) is 9.54. The molecule has 0 bridgehead atoms. The fourth-order valence-corrected chi connectivity index (χ4v) is 6.95. The van der Waals surface area contributed by atoms with Crippen LogP contribution in [0.25, 0.3) is 33.2 Å². The number of aliphatic hydroxyl groups is 1. The predicted molar refractivity (Wildman–Crippen MR) is 182 cm³/mol. The number of furan rings is 1. The number of alkyl halides is 5. The maximum atomic E-state index is 15.1. The summed E-state index contributed by atoms with van der Waals surface area (Å²) in [5, 5.41) is 23.8. The van der Waals surface area contributed by atoms with Gasteiger partial charge in [-0.15, -0.1) is 0 Å². The maximum absolute atomic E-state index is 15.1. The van der Waals surface area contributed by atoms with Crippen LogP contribution in [0.4, 0.5) is 30.7 Å². The summed E-state index contributed by atoms with van der Waals surface area (Å²) in [4.78, 5) is 18.5. The Morgan fingerprint density at radius 1 is 1.13 bits per heavy atom. The summed E-state index contributed by atoms with van der Waals surface area (Å²) >= 11 is 6.26.